The molecule has 0 aliphatic carbocycles. The van der Waals surface area contributed by atoms with Crippen LogP contribution in [0.3, 0.4) is 0 Å². The van der Waals surface area contributed by atoms with E-state index >= 15 is 0 Å². The van der Waals surface area contributed by atoms with Crippen molar-refractivity contribution in [3.8, 4) is 0 Å². The first-order valence-corrected chi connectivity index (χ1v) is 4.58. The number of alkyl halides is 3. The van der Waals surface area contributed by atoms with Crippen LogP contribution in [-0.4, -0.2) is 24.1 Å². The van der Waals surface area contributed by atoms with Gasteiger partial charge in [-0.15, -0.1) is 0 Å². The van der Waals surface area contributed by atoms with Gasteiger partial charge in [-0.3, -0.25) is 25.3 Å². The number of carbonyl (C=O) groups excluding carboxylic acids is 1. The number of nitro benzene ring substituents is 1. The molecule has 6 nitrogen and oxygen atoms in total. The highest BCUT2D eigenvalue weighted by molar-refractivity contribution is 5.83. The van der Waals surface area contributed by atoms with Crippen LogP contribution in [0.2, 0.25) is 0 Å². The highest BCUT2D eigenvalue weighted by Gasteiger charge is 2.39. The largest absolute Gasteiger partial charge is 0.472 e. The maximum absolute atomic E-state index is 12.0. The quantitative estimate of drug-likeness (QED) is 0.664. The minimum absolute atomic E-state index is 0.153. The summed E-state index contributed by atoms with van der Waals surface area (Å²) in [5.74, 6) is -2.21. The smallest absolute Gasteiger partial charge is 0.282 e. The van der Waals surface area contributed by atoms with E-state index in [1.165, 1.54) is 23.6 Å². The van der Waals surface area contributed by atoms with E-state index in [0.717, 1.165) is 13.1 Å². The molecule has 0 unspecified atom stereocenters. The van der Waals surface area contributed by atoms with Crippen LogP contribution >= 0.6 is 0 Å². The summed E-state index contributed by atoms with van der Waals surface area (Å²) in [5, 5.41) is 11.3. The van der Waals surface area contributed by atoms with Crippen molar-refractivity contribution in [1.82, 2.24) is 5.43 Å². The number of hydrazine groups is 1. The first-order valence-electron chi connectivity index (χ1n) is 4.58. The van der Waals surface area contributed by atoms with Crippen LogP contribution < -0.4 is 10.4 Å². The number of anilines is 1. The van der Waals surface area contributed by atoms with Crippen LogP contribution in [0, 0.1) is 10.1 Å². The van der Waals surface area contributed by atoms with Crippen LogP contribution in [0.25, 0.3) is 0 Å². The van der Waals surface area contributed by atoms with E-state index < -0.39 is 22.7 Å². The van der Waals surface area contributed by atoms with Crippen LogP contribution in [-0.2, 0) is 4.79 Å². The van der Waals surface area contributed by atoms with Crippen molar-refractivity contribution < 1.29 is 22.9 Å². The van der Waals surface area contributed by atoms with Gasteiger partial charge in [-0.1, -0.05) is 12.1 Å². The molecule has 0 radical (unpaired) electrons. The molecule has 1 aromatic carbocycles. The van der Waals surface area contributed by atoms with E-state index in [9.17, 15) is 28.1 Å². The Kier molecular flexibility index (Phi) is 3.74. The van der Waals surface area contributed by atoms with E-state index in [2.05, 4.69) is 0 Å². The third-order valence-corrected chi connectivity index (χ3v) is 1.97. The Bertz CT molecular complexity index is 476. The number of benzene rings is 1. The Morgan fingerprint density at radius 3 is 2.44 bits per heavy atom. The normalized spacial score (nSPS) is 10.9. The molecular weight excluding hydrogens is 255 g/mol. The van der Waals surface area contributed by atoms with Gasteiger partial charge in [0.15, 0.2) is 0 Å². The number of nitrogens with zero attached hydrogens (tertiary/aromatic N) is 2. The van der Waals surface area contributed by atoms with Crippen molar-refractivity contribution >= 4 is 17.3 Å². The van der Waals surface area contributed by atoms with Gasteiger partial charge in [-0.2, -0.15) is 13.2 Å². The van der Waals surface area contributed by atoms with Crippen molar-refractivity contribution in [2.45, 2.75) is 6.18 Å². The third kappa shape index (κ3) is 3.09. The van der Waals surface area contributed by atoms with Gasteiger partial charge in [-0.05, 0) is 6.07 Å². The maximum atomic E-state index is 12.0. The minimum atomic E-state index is -5.06. The summed E-state index contributed by atoms with van der Waals surface area (Å²) in [6, 6.07) is 5.10. The predicted molar refractivity (Wildman–Crippen MR) is 55.7 cm³/mol. The summed E-state index contributed by atoms with van der Waals surface area (Å²) in [4.78, 5) is 20.6. The molecule has 1 aromatic rings. The summed E-state index contributed by atoms with van der Waals surface area (Å²) in [7, 11) is 1.08. The van der Waals surface area contributed by atoms with E-state index in [1.807, 2.05) is 0 Å². The second kappa shape index (κ2) is 4.90. The maximum Gasteiger partial charge on any atom is 0.472 e. The number of halogens is 3. The monoisotopic (exact) mass is 263 g/mol. The van der Waals surface area contributed by atoms with Crippen molar-refractivity contribution in [1.29, 1.82) is 0 Å². The average Bonchev–Trinajstić information content (AvgIpc) is 2.27. The van der Waals surface area contributed by atoms with E-state index in [1.54, 1.807) is 0 Å². The summed E-state index contributed by atoms with van der Waals surface area (Å²) < 4.78 is 36.0. The van der Waals surface area contributed by atoms with Gasteiger partial charge >= 0.3 is 12.1 Å². The van der Waals surface area contributed by atoms with E-state index in [0.29, 0.717) is 5.01 Å². The van der Waals surface area contributed by atoms with Gasteiger partial charge in [0.25, 0.3) is 5.69 Å². The predicted octanol–water partition coefficient (Wildman–Crippen LogP) is 1.62. The zero-order chi connectivity index (χ0) is 13.9. The standard InChI is InChI=1S/C9H8F3N3O3/c1-14(13-8(16)9(10,11)12)6-4-2-3-5-7(6)15(17)18/h2-5H,1H3,(H,13,16). The van der Waals surface area contributed by atoms with Gasteiger partial charge in [0, 0.05) is 13.1 Å². The van der Waals surface area contributed by atoms with Gasteiger partial charge in [0.2, 0.25) is 0 Å². The Balaban J connectivity index is 2.95. The number of rotatable bonds is 3. The lowest BCUT2D eigenvalue weighted by Crippen LogP contribution is -2.46. The van der Waals surface area contributed by atoms with E-state index in [4.69, 9.17) is 0 Å². The van der Waals surface area contributed by atoms with Crippen LogP contribution in [0.1, 0.15) is 0 Å². The summed E-state index contributed by atoms with van der Waals surface area (Å²) in [6.45, 7) is 0. The van der Waals surface area contributed by atoms with Gasteiger partial charge < -0.3 is 0 Å². The molecule has 0 aliphatic rings. The first-order chi connectivity index (χ1) is 8.23. The van der Waals surface area contributed by atoms with Crippen molar-refractivity contribution in [3.05, 3.63) is 34.4 Å². The zero-order valence-corrected chi connectivity index (χ0v) is 9.06. The van der Waals surface area contributed by atoms with Gasteiger partial charge in [0.1, 0.15) is 5.69 Å². The summed E-state index contributed by atoms with van der Waals surface area (Å²) >= 11 is 0. The Hall–Kier alpha value is -2.32. The Morgan fingerprint density at radius 2 is 1.94 bits per heavy atom. The SMILES string of the molecule is CN(NC(=O)C(F)(F)F)c1ccccc1[N+](=O)[O-]. The molecule has 0 bridgehead atoms. The molecule has 0 saturated carbocycles. The molecule has 0 atom stereocenters. The highest BCUT2D eigenvalue weighted by atomic mass is 19.4. The lowest BCUT2D eigenvalue weighted by Gasteiger charge is -2.20. The van der Waals surface area contributed by atoms with Crippen LogP contribution in [0.4, 0.5) is 24.5 Å². The molecule has 0 saturated heterocycles. The lowest BCUT2D eigenvalue weighted by atomic mass is 10.2. The Morgan fingerprint density at radius 1 is 1.39 bits per heavy atom. The fourth-order valence-corrected chi connectivity index (χ4v) is 1.18. The Labute approximate surface area is 99.1 Å². The van der Waals surface area contributed by atoms with Crippen LogP contribution in [0.15, 0.2) is 24.3 Å². The molecule has 9 heteroatoms. The van der Waals surface area contributed by atoms with Crippen LogP contribution in [0.5, 0.6) is 0 Å². The molecule has 0 heterocycles. The number of nitrogens with one attached hydrogen (secondary N) is 1. The second-order valence-electron chi connectivity index (χ2n) is 3.24. The number of carbonyl (C=O) groups is 1. The molecule has 98 valence electrons. The summed E-state index contributed by atoms with van der Waals surface area (Å²) in [5.41, 5.74) is 0.929. The molecule has 0 aromatic heterocycles. The zero-order valence-electron chi connectivity index (χ0n) is 9.06. The van der Waals surface area contributed by atoms with Crippen molar-refractivity contribution in [2.24, 2.45) is 0 Å². The molecule has 0 fully saturated rings. The number of para-hydroxylation sites is 2. The van der Waals surface area contributed by atoms with Gasteiger partial charge in [-0.25, -0.2) is 0 Å². The average molecular weight is 263 g/mol. The highest BCUT2D eigenvalue weighted by Crippen LogP contribution is 2.26. The molecule has 1 N–H and O–H groups in total. The van der Waals surface area contributed by atoms with Gasteiger partial charge in [0.05, 0.1) is 4.92 Å². The molecule has 18 heavy (non-hydrogen) atoms. The fourth-order valence-electron chi connectivity index (χ4n) is 1.18. The third-order valence-electron chi connectivity index (χ3n) is 1.97. The number of amides is 1. The summed E-state index contributed by atoms with van der Waals surface area (Å²) in [6.07, 6.45) is -5.06. The molecular formula is C9H8F3N3O3. The molecule has 1 amide bonds. The molecule has 0 aliphatic heterocycles. The topological polar surface area (TPSA) is 75.5 Å². The number of hydrogen-bond donors (Lipinski definition) is 1. The first kappa shape index (κ1) is 13.7. The lowest BCUT2D eigenvalue weighted by molar-refractivity contribution is -0.384. The fraction of sp³-hybridized carbons (Fsp3) is 0.222. The molecule has 0 spiro atoms. The van der Waals surface area contributed by atoms with E-state index in [-0.39, 0.29) is 5.69 Å². The van der Waals surface area contributed by atoms with Crippen molar-refractivity contribution in [2.75, 3.05) is 12.1 Å². The van der Waals surface area contributed by atoms with Crippen molar-refractivity contribution in [3.63, 3.8) is 0 Å². The minimum Gasteiger partial charge on any atom is -0.282 e. The second-order valence-corrected chi connectivity index (χ2v) is 3.24. The molecule has 1 rings (SSSR count). The number of hydrogen-bond acceptors (Lipinski definition) is 4. The number of nitro groups is 1.